The first-order chi connectivity index (χ1) is 15.4. The predicted molar refractivity (Wildman–Crippen MR) is 118 cm³/mol. The van der Waals surface area contributed by atoms with E-state index in [9.17, 15) is 14.7 Å². The Morgan fingerprint density at radius 3 is 2.94 bits per heavy atom. The first-order valence-corrected chi connectivity index (χ1v) is 10.6. The number of para-hydroxylation sites is 1. The number of carbonyl (C=O) groups is 2. The summed E-state index contributed by atoms with van der Waals surface area (Å²) in [6, 6.07) is 4.77. The fourth-order valence-corrected chi connectivity index (χ4v) is 4.08. The molecule has 5 rings (SSSR count). The van der Waals surface area contributed by atoms with Crippen molar-refractivity contribution < 1.29 is 14.7 Å². The lowest BCUT2D eigenvalue weighted by Gasteiger charge is -2.21. The Balaban J connectivity index is 1.65. The highest BCUT2D eigenvalue weighted by Crippen LogP contribution is 2.28. The number of hydrogen-bond donors (Lipinski definition) is 3. The van der Waals surface area contributed by atoms with Crippen molar-refractivity contribution in [1.82, 2.24) is 39.6 Å². The first kappa shape index (κ1) is 20.2. The summed E-state index contributed by atoms with van der Waals surface area (Å²) in [5.41, 5.74) is 1.91. The molecule has 3 aromatic heterocycles. The van der Waals surface area contributed by atoms with Crippen LogP contribution in [0.1, 0.15) is 0 Å². The summed E-state index contributed by atoms with van der Waals surface area (Å²) in [6.07, 6.45) is 2.38. The SMILES string of the molecule is Cn1cc(-c2nc3c4cccc(Br)c4nc(N[C@@H]4CN(C(=O)O)CCNC4=O)n3n2)cn1. The number of aromatic nitrogens is 6. The van der Waals surface area contributed by atoms with E-state index >= 15 is 0 Å². The van der Waals surface area contributed by atoms with Gasteiger partial charge >= 0.3 is 6.09 Å². The number of benzene rings is 1. The van der Waals surface area contributed by atoms with Crippen LogP contribution < -0.4 is 10.6 Å². The molecule has 1 fully saturated rings. The maximum absolute atomic E-state index is 12.6. The van der Waals surface area contributed by atoms with Crippen LogP contribution in [0.3, 0.4) is 0 Å². The van der Waals surface area contributed by atoms with Crippen LogP contribution >= 0.6 is 15.9 Å². The quantitative estimate of drug-likeness (QED) is 0.383. The minimum absolute atomic E-state index is 0.0253. The number of fused-ring (bicyclic) bond motifs is 3. The molecule has 0 saturated carbocycles. The van der Waals surface area contributed by atoms with Crippen molar-refractivity contribution in [2.45, 2.75) is 6.04 Å². The van der Waals surface area contributed by atoms with Gasteiger partial charge in [-0.2, -0.15) is 9.61 Å². The van der Waals surface area contributed by atoms with E-state index in [1.54, 1.807) is 24.1 Å². The Labute approximate surface area is 189 Å². The van der Waals surface area contributed by atoms with Gasteiger partial charge in [-0.3, -0.25) is 9.48 Å². The molecule has 4 heterocycles. The van der Waals surface area contributed by atoms with Gasteiger partial charge in [0.05, 0.1) is 23.8 Å². The molecular weight excluding hydrogens is 482 g/mol. The topological polar surface area (TPSA) is 143 Å². The molecule has 12 nitrogen and oxygen atoms in total. The van der Waals surface area contributed by atoms with Gasteiger partial charge in [-0.1, -0.05) is 6.07 Å². The monoisotopic (exact) mass is 499 g/mol. The van der Waals surface area contributed by atoms with Crippen LogP contribution in [0.25, 0.3) is 27.9 Å². The van der Waals surface area contributed by atoms with E-state index in [0.29, 0.717) is 17.0 Å². The standard InChI is InChI=1S/C19H18BrN9O3/c1-27-8-10(7-22-27)15-25-16-11-3-2-4-12(20)14(11)24-18(29(16)26-15)23-13-9-28(19(31)32)6-5-21-17(13)30/h2-4,7-8,13H,5-6,9H2,1H3,(H,21,30)(H,23,24)(H,31,32)/t13-/m1/s1. The predicted octanol–water partition coefficient (Wildman–Crippen LogP) is 1.33. The summed E-state index contributed by atoms with van der Waals surface area (Å²) >= 11 is 3.52. The molecule has 4 aromatic rings. The van der Waals surface area contributed by atoms with Gasteiger partial charge in [0.1, 0.15) is 6.04 Å². The summed E-state index contributed by atoms with van der Waals surface area (Å²) in [7, 11) is 1.80. The van der Waals surface area contributed by atoms with Gasteiger partial charge < -0.3 is 20.6 Å². The van der Waals surface area contributed by atoms with E-state index in [4.69, 9.17) is 4.98 Å². The molecule has 1 aliphatic heterocycles. The largest absolute Gasteiger partial charge is 0.465 e. The zero-order valence-electron chi connectivity index (χ0n) is 16.9. The molecule has 2 amide bonds. The van der Waals surface area contributed by atoms with Crippen LogP contribution in [0, 0.1) is 0 Å². The van der Waals surface area contributed by atoms with Gasteiger partial charge in [0.2, 0.25) is 11.9 Å². The molecule has 164 valence electrons. The van der Waals surface area contributed by atoms with E-state index in [0.717, 1.165) is 15.4 Å². The highest BCUT2D eigenvalue weighted by molar-refractivity contribution is 9.10. The van der Waals surface area contributed by atoms with Crippen molar-refractivity contribution in [2.75, 3.05) is 25.0 Å². The maximum Gasteiger partial charge on any atom is 0.407 e. The second-order valence-corrected chi connectivity index (χ2v) is 8.22. The third-order valence-corrected chi connectivity index (χ3v) is 5.83. The molecule has 0 aliphatic carbocycles. The Kier molecular flexibility index (Phi) is 4.89. The van der Waals surface area contributed by atoms with Gasteiger partial charge in [0.15, 0.2) is 11.5 Å². The number of amides is 2. The van der Waals surface area contributed by atoms with E-state index in [1.165, 1.54) is 9.42 Å². The van der Waals surface area contributed by atoms with Gasteiger partial charge in [0.25, 0.3) is 0 Å². The minimum Gasteiger partial charge on any atom is -0.465 e. The van der Waals surface area contributed by atoms with Crippen molar-refractivity contribution in [3.8, 4) is 11.4 Å². The molecular formula is C19H18BrN9O3. The number of hydrogen-bond acceptors (Lipinski definition) is 7. The zero-order valence-corrected chi connectivity index (χ0v) is 18.4. The average Bonchev–Trinajstić information content (AvgIpc) is 3.35. The molecule has 1 aliphatic rings. The minimum atomic E-state index is -1.09. The Hall–Kier alpha value is -3.74. The van der Waals surface area contributed by atoms with Gasteiger partial charge in [-0.05, 0) is 28.1 Å². The summed E-state index contributed by atoms with van der Waals surface area (Å²) in [4.78, 5) is 34.7. The molecule has 0 unspecified atom stereocenters. The molecule has 1 atom stereocenters. The lowest BCUT2D eigenvalue weighted by Crippen LogP contribution is -2.44. The molecule has 0 radical (unpaired) electrons. The number of nitrogens with zero attached hydrogens (tertiary/aromatic N) is 7. The number of carboxylic acid groups (broad SMARTS) is 1. The van der Waals surface area contributed by atoms with Crippen LogP contribution in [0.15, 0.2) is 35.1 Å². The Bertz CT molecular complexity index is 1370. The normalized spacial score (nSPS) is 16.9. The van der Waals surface area contributed by atoms with Crippen molar-refractivity contribution in [3.63, 3.8) is 0 Å². The summed E-state index contributed by atoms with van der Waals surface area (Å²) in [5.74, 6) is 0.408. The van der Waals surface area contributed by atoms with Crippen LogP contribution in [-0.2, 0) is 11.8 Å². The highest BCUT2D eigenvalue weighted by Gasteiger charge is 2.29. The smallest absolute Gasteiger partial charge is 0.407 e. The third-order valence-electron chi connectivity index (χ3n) is 5.19. The lowest BCUT2D eigenvalue weighted by atomic mass is 10.2. The van der Waals surface area contributed by atoms with Crippen molar-refractivity contribution in [2.24, 2.45) is 7.05 Å². The van der Waals surface area contributed by atoms with E-state index in [-0.39, 0.29) is 31.5 Å². The Morgan fingerprint density at radius 2 is 2.19 bits per heavy atom. The second-order valence-electron chi connectivity index (χ2n) is 7.36. The summed E-state index contributed by atoms with van der Waals surface area (Å²) in [6.45, 7) is 0.423. The highest BCUT2D eigenvalue weighted by atomic mass is 79.9. The molecule has 3 N–H and O–H groups in total. The van der Waals surface area contributed by atoms with Crippen molar-refractivity contribution in [3.05, 3.63) is 35.1 Å². The van der Waals surface area contributed by atoms with Crippen LogP contribution in [0.4, 0.5) is 10.7 Å². The van der Waals surface area contributed by atoms with E-state index in [2.05, 4.69) is 41.7 Å². The Morgan fingerprint density at radius 1 is 1.34 bits per heavy atom. The number of rotatable bonds is 3. The van der Waals surface area contributed by atoms with Crippen molar-refractivity contribution in [1.29, 1.82) is 0 Å². The van der Waals surface area contributed by atoms with Gasteiger partial charge in [-0.15, -0.1) is 5.10 Å². The lowest BCUT2D eigenvalue weighted by molar-refractivity contribution is -0.121. The average molecular weight is 500 g/mol. The first-order valence-electron chi connectivity index (χ1n) is 9.77. The van der Waals surface area contributed by atoms with Crippen LogP contribution in [-0.4, -0.2) is 77.0 Å². The summed E-state index contributed by atoms with van der Waals surface area (Å²) in [5, 5.41) is 24.8. The fourth-order valence-electron chi connectivity index (χ4n) is 3.62. The van der Waals surface area contributed by atoms with E-state index < -0.39 is 12.1 Å². The molecule has 32 heavy (non-hydrogen) atoms. The number of nitrogens with one attached hydrogen (secondary N) is 2. The van der Waals surface area contributed by atoms with Crippen LogP contribution in [0.2, 0.25) is 0 Å². The number of carbonyl (C=O) groups excluding carboxylic acids is 1. The van der Waals surface area contributed by atoms with Crippen LogP contribution in [0.5, 0.6) is 0 Å². The second kappa shape index (κ2) is 7.75. The number of halogens is 1. The number of aryl methyl sites for hydroxylation is 1. The van der Waals surface area contributed by atoms with Crippen molar-refractivity contribution >= 4 is 50.4 Å². The fraction of sp³-hybridized carbons (Fsp3) is 0.263. The molecule has 1 aromatic carbocycles. The van der Waals surface area contributed by atoms with Gasteiger partial charge in [0, 0.05) is 36.2 Å². The molecule has 0 spiro atoms. The van der Waals surface area contributed by atoms with Gasteiger partial charge in [-0.25, -0.2) is 14.8 Å². The molecule has 0 bridgehead atoms. The number of anilines is 1. The molecule has 1 saturated heterocycles. The summed E-state index contributed by atoms with van der Waals surface area (Å²) < 4.78 is 3.94. The molecule has 13 heteroatoms. The maximum atomic E-state index is 12.6. The van der Waals surface area contributed by atoms with E-state index in [1.807, 2.05) is 18.2 Å². The zero-order chi connectivity index (χ0) is 22.4. The third kappa shape index (κ3) is 3.49.